The van der Waals surface area contributed by atoms with Crippen LogP contribution >= 0.6 is 0 Å². The molecule has 1 aromatic heterocycles. The fourth-order valence-corrected chi connectivity index (χ4v) is 2.90. The van der Waals surface area contributed by atoms with Gasteiger partial charge < -0.3 is 19.5 Å². The van der Waals surface area contributed by atoms with Crippen LogP contribution in [0.3, 0.4) is 0 Å². The minimum atomic E-state index is -0.213. The van der Waals surface area contributed by atoms with E-state index >= 15 is 0 Å². The maximum atomic E-state index is 12.6. The number of carbonyl (C=O) groups is 1. The van der Waals surface area contributed by atoms with Gasteiger partial charge in [-0.15, -0.1) is 0 Å². The van der Waals surface area contributed by atoms with Crippen LogP contribution < -0.4 is 14.8 Å². The highest BCUT2D eigenvalue weighted by Crippen LogP contribution is 2.26. The average molecular weight is 406 g/mol. The highest BCUT2D eigenvalue weighted by atomic mass is 16.5. The zero-order chi connectivity index (χ0) is 21.5. The van der Waals surface area contributed by atoms with E-state index in [1.165, 1.54) is 0 Å². The van der Waals surface area contributed by atoms with Crippen molar-refractivity contribution in [3.05, 3.63) is 77.6 Å². The van der Waals surface area contributed by atoms with Gasteiger partial charge in [0.25, 0.3) is 5.91 Å². The smallest absolute Gasteiger partial charge is 0.257 e. The third-order valence-corrected chi connectivity index (χ3v) is 4.59. The Balaban J connectivity index is 1.65. The number of rotatable bonds is 8. The minimum absolute atomic E-state index is 0.123. The van der Waals surface area contributed by atoms with E-state index in [-0.39, 0.29) is 12.0 Å². The predicted molar refractivity (Wildman–Crippen MR) is 116 cm³/mol. The molecule has 2 aromatic carbocycles. The molecule has 3 aromatic rings. The van der Waals surface area contributed by atoms with Gasteiger partial charge in [0.1, 0.15) is 17.2 Å². The molecule has 0 spiro atoms. The van der Waals surface area contributed by atoms with Crippen molar-refractivity contribution in [1.29, 1.82) is 0 Å². The van der Waals surface area contributed by atoms with Crippen molar-refractivity contribution in [3.8, 4) is 17.2 Å². The number of methoxy groups -OCH3 is 1. The van der Waals surface area contributed by atoms with Crippen LogP contribution in [0.5, 0.6) is 17.2 Å². The van der Waals surface area contributed by atoms with Crippen LogP contribution in [0.15, 0.2) is 60.7 Å². The zero-order valence-corrected chi connectivity index (χ0v) is 17.6. The van der Waals surface area contributed by atoms with Gasteiger partial charge in [-0.1, -0.05) is 6.07 Å². The van der Waals surface area contributed by atoms with E-state index in [1.807, 2.05) is 51.1 Å². The normalized spacial score (nSPS) is 11.6. The molecule has 1 amide bonds. The van der Waals surface area contributed by atoms with Crippen LogP contribution in [0.1, 0.15) is 41.7 Å². The van der Waals surface area contributed by atoms with E-state index in [9.17, 15) is 4.79 Å². The molecule has 30 heavy (non-hydrogen) atoms. The average Bonchev–Trinajstić information content (AvgIpc) is 2.75. The van der Waals surface area contributed by atoms with Crippen LogP contribution in [0, 0.1) is 6.92 Å². The monoisotopic (exact) mass is 406 g/mol. The lowest BCUT2D eigenvalue weighted by molar-refractivity contribution is 0.102. The van der Waals surface area contributed by atoms with Gasteiger partial charge in [-0.2, -0.15) is 0 Å². The number of carbonyl (C=O) groups excluding carboxylic acids is 1. The molecule has 0 saturated heterocycles. The van der Waals surface area contributed by atoms with Crippen molar-refractivity contribution < 1.29 is 19.0 Å². The molecule has 6 heteroatoms. The second-order valence-corrected chi connectivity index (χ2v) is 6.74. The lowest BCUT2D eigenvalue weighted by Gasteiger charge is -2.12. The van der Waals surface area contributed by atoms with Gasteiger partial charge in [0, 0.05) is 18.9 Å². The summed E-state index contributed by atoms with van der Waals surface area (Å²) >= 11 is 0. The van der Waals surface area contributed by atoms with E-state index in [0.717, 1.165) is 11.4 Å². The second-order valence-electron chi connectivity index (χ2n) is 6.74. The number of hydrogen-bond acceptors (Lipinski definition) is 5. The number of aromatic nitrogens is 1. The fourth-order valence-electron chi connectivity index (χ4n) is 2.90. The Morgan fingerprint density at radius 3 is 2.43 bits per heavy atom. The summed E-state index contributed by atoms with van der Waals surface area (Å²) in [6.07, 6.45) is -0.123. The molecule has 1 unspecified atom stereocenters. The van der Waals surface area contributed by atoms with Crippen molar-refractivity contribution in [1.82, 2.24) is 4.98 Å². The number of anilines is 1. The number of ether oxygens (including phenoxy) is 3. The topological polar surface area (TPSA) is 69.7 Å². The highest BCUT2D eigenvalue weighted by Gasteiger charge is 2.13. The first kappa shape index (κ1) is 21.3. The van der Waals surface area contributed by atoms with E-state index in [4.69, 9.17) is 14.2 Å². The summed E-state index contributed by atoms with van der Waals surface area (Å²) in [5.74, 6) is 1.89. The number of pyridine rings is 1. The van der Waals surface area contributed by atoms with Gasteiger partial charge in [0.2, 0.25) is 0 Å². The Kier molecular flexibility index (Phi) is 7.03. The number of amides is 1. The van der Waals surface area contributed by atoms with Crippen molar-refractivity contribution in [2.75, 3.05) is 19.0 Å². The van der Waals surface area contributed by atoms with Crippen molar-refractivity contribution in [2.45, 2.75) is 26.9 Å². The molecule has 0 bridgehead atoms. The van der Waals surface area contributed by atoms with Gasteiger partial charge >= 0.3 is 0 Å². The van der Waals surface area contributed by atoms with E-state index < -0.39 is 0 Å². The predicted octanol–water partition coefficient (Wildman–Crippen LogP) is 5.54. The summed E-state index contributed by atoms with van der Waals surface area (Å²) in [6, 6.07) is 18.2. The first-order valence-electron chi connectivity index (χ1n) is 9.82. The first-order chi connectivity index (χ1) is 14.5. The highest BCUT2D eigenvalue weighted by molar-refractivity contribution is 6.05. The molecule has 1 atom stereocenters. The molecule has 0 saturated carbocycles. The number of nitrogens with zero attached hydrogens (tertiary/aromatic N) is 1. The SMILES string of the molecule is CCOc1cccc(Oc2ccc(NC(=O)c3ccc(C(C)OC)nc3C)cc2)c1. The maximum absolute atomic E-state index is 12.6. The van der Waals surface area contributed by atoms with Crippen LogP contribution in [-0.4, -0.2) is 24.6 Å². The van der Waals surface area contributed by atoms with Crippen molar-refractivity contribution >= 4 is 11.6 Å². The van der Waals surface area contributed by atoms with Gasteiger partial charge in [-0.25, -0.2) is 0 Å². The van der Waals surface area contributed by atoms with Crippen LogP contribution in [0.2, 0.25) is 0 Å². The van der Waals surface area contributed by atoms with Crippen LogP contribution in [0.25, 0.3) is 0 Å². The Morgan fingerprint density at radius 2 is 1.77 bits per heavy atom. The molecule has 1 N–H and O–H groups in total. The van der Waals surface area contributed by atoms with Crippen LogP contribution in [-0.2, 0) is 4.74 Å². The summed E-state index contributed by atoms with van der Waals surface area (Å²) in [6.45, 7) is 6.26. The maximum Gasteiger partial charge on any atom is 0.257 e. The van der Waals surface area contributed by atoms with Gasteiger partial charge in [-0.3, -0.25) is 9.78 Å². The second kappa shape index (κ2) is 9.89. The Bertz CT molecular complexity index is 1000. The largest absolute Gasteiger partial charge is 0.494 e. The number of benzene rings is 2. The number of aryl methyl sites for hydroxylation is 1. The lowest BCUT2D eigenvalue weighted by atomic mass is 10.1. The number of hydrogen-bond donors (Lipinski definition) is 1. The van der Waals surface area contributed by atoms with E-state index in [1.54, 1.807) is 37.4 Å². The third kappa shape index (κ3) is 5.36. The molecule has 0 aliphatic carbocycles. The van der Waals surface area contributed by atoms with Gasteiger partial charge in [0.05, 0.1) is 29.7 Å². The molecule has 1 heterocycles. The van der Waals surface area contributed by atoms with Gasteiger partial charge in [-0.05, 0) is 69.3 Å². The molecule has 0 radical (unpaired) electrons. The quantitative estimate of drug-likeness (QED) is 0.532. The molecular formula is C24H26N2O4. The zero-order valence-electron chi connectivity index (χ0n) is 17.6. The van der Waals surface area contributed by atoms with Crippen molar-refractivity contribution in [2.24, 2.45) is 0 Å². The molecular weight excluding hydrogens is 380 g/mol. The molecule has 0 fully saturated rings. The summed E-state index contributed by atoms with van der Waals surface area (Å²) < 4.78 is 16.6. The van der Waals surface area contributed by atoms with Gasteiger partial charge in [0.15, 0.2) is 0 Å². The summed E-state index contributed by atoms with van der Waals surface area (Å²) in [4.78, 5) is 17.1. The third-order valence-electron chi connectivity index (χ3n) is 4.59. The molecule has 0 aliphatic rings. The minimum Gasteiger partial charge on any atom is -0.494 e. The van der Waals surface area contributed by atoms with Crippen LogP contribution in [0.4, 0.5) is 5.69 Å². The molecule has 156 valence electrons. The Hall–Kier alpha value is -3.38. The van der Waals surface area contributed by atoms with Crippen molar-refractivity contribution in [3.63, 3.8) is 0 Å². The lowest BCUT2D eigenvalue weighted by Crippen LogP contribution is -2.15. The fraction of sp³-hybridized carbons (Fsp3) is 0.250. The first-order valence-corrected chi connectivity index (χ1v) is 9.82. The summed E-state index contributed by atoms with van der Waals surface area (Å²) in [5.41, 5.74) is 2.64. The summed E-state index contributed by atoms with van der Waals surface area (Å²) in [7, 11) is 1.63. The Morgan fingerprint density at radius 1 is 1.03 bits per heavy atom. The summed E-state index contributed by atoms with van der Waals surface area (Å²) in [5, 5.41) is 2.89. The number of nitrogens with one attached hydrogen (secondary N) is 1. The Labute approximate surface area is 176 Å². The molecule has 6 nitrogen and oxygen atoms in total. The van der Waals surface area contributed by atoms with E-state index in [0.29, 0.717) is 35.1 Å². The molecule has 0 aliphatic heterocycles. The van der Waals surface area contributed by atoms with E-state index in [2.05, 4.69) is 10.3 Å². The standard InChI is InChI=1S/C24H26N2O4/c1-5-29-20-7-6-8-21(15-20)30-19-11-9-18(10-12-19)26-24(27)22-13-14-23(17(3)28-4)25-16(22)2/h6-15,17H,5H2,1-4H3,(H,26,27). The molecule has 3 rings (SSSR count).